The third-order valence-electron chi connectivity index (χ3n) is 3.59. The molecule has 0 aliphatic carbocycles. The summed E-state index contributed by atoms with van der Waals surface area (Å²) < 4.78 is 11.5. The Balaban J connectivity index is 1.83. The van der Waals surface area contributed by atoms with E-state index >= 15 is 0 Å². The van der Waals surface area contributed by atoms with E-state index in [9.17, 15) is 4.79 Å². The molecule has 0 saturated heterocycles. The number of hydrogen-bond donors (Lipinski definition) is 1. The second kappa shape index (κ2) is 7.00. The Bertz CT molecular complexity index is 893. The van der Waals surface area contributed by atoms with Gasteiger partial charge in [0.05, 0.1) is 20.6 Å². The van der Waals surface area contributed by atoms with E-state index in [-0.39, 0.29) is 18.3 Å². The van der Waals surface area contributed by atoms with Crippen LogP contribution in [0.3, 0.4) is 0 Å². The lowest BCUT2D eigenvalue weighted by Crippen LogP contribution is -2.17. The summed E-state index contributed by atoms with van der Waals surface area (Å²) in [4.78, 5) is 20.7. The van der Waals surface area contributed by atoms with Crippen molar-refractivity contribution in [2.24, 2.45) is 0 Å². The van der Waals surface area contributed by atoms with E-state index in [1.54, 1.807) is 56.9 Å². The molecule has 0 saturated carbocycles. The van der Waals surface area contributed by atoms with E-state index in [2.05, 4.69) is 15.1 Å². The highest BCUT2D eigenvalue weighted by Gasteiger charge is 2.16. The van der Waals surface area contributed by atoms with Crippen molar-refractivity contribution in [1.82, 2.24) is 19.7 Å². The molecule has 0 fully saturated rings. The van der Waals surface area contributed by atoms with E-state index < -0.39 is 0 Å². The minimum atomic E-state index is -0.299. The van der Waals surface area contributed by atoms with Crippen LogP contribution in [0, 0.1) is 0 Å². The van der Waals surface area contributed by atoms with Gasteiger partial charge >= 0.3 is 0 Å². The minimum Gasteiger partial charge on any atom is -0.493 e. The standard InChI is InChI=1S/C17H17N5O3/c1-24-13-6-5-11(8-14(13)25-2)9-15(23)22-17(18)20-16(21-22)12-4-3-7-19-10-12/h3-8,10H,9H2,1-2H3,(H2,18,20,21). The number of anilines is 1. The fourth-order valence-corrected chi connectivity index (χ4v) is 2.37. The van der Waals surface area contributed by atoms with Gasteiger partial charge in [0.15, 0.2) is 17.3 Å². The molecule has 8 nitrogen and oxygen atoms in total. The topological polar surface area (TPSA) is 105 Å². The zero-order valence-electron chi connectivity index (χ0n) is 13.8. The number of nitrogen functional groups attached to an aromatic ring is 1. The number of nitrogens with two attached hydrogens (primary N) is 1. The van der Waals surface area contributed by atoms with Crippen LogP contribution in [0.4, 0.5) is 5.95 Å². The number of pyridine rings is 1. The SMILES string of the molecule is COc1ccc(CC(=O)n2nc(-c3cccnc3)nc2N)cc1OC. The Morgan fingerprint density at radius 3 is 2.68 bits per heavy atom. The molecule has 128 valence electrons. The summed E-state index contributed by atoms with van der Waals surface area (Å²) in [5, 5.41) is 4.19. The number of aromatic nitrogens is 4. The van der Waals surface area contributed by atoms with Crippen LogP contribution in [0.1, 0.15) is 10.4 Å². The predicted octanol–water partition coefficient (Wildman–Crippen LogP) is 1.82. The summed E-state index contributed by atoms with van der Waals surface area (Å²) in [7, 11) is 3.10. The number of hydrogen-bond acceptors (Lipinski definition) is 7. The van der Waals surface area contributed by atoms with Gasteiger partial charge in [-0.25, -0.2) is 0 Å². The molecule has 0 atom stereocenters. The first-order valence-corrected chi connectivity index (χ1v) is 7.49. The molecule has 0 amide bonds. The summed E-state index contributed by atoms with van der Waals surface area (Å²) in [6.07, 6.45) is 3.35. The van der Waals surface area contributed by atoms with Crippen LogP contribution in [0.2, 0.25) is 0 Å². The van der Waals surface area contributed by atoms with Crippen molar-refractivity contribution >= 4 is 11.9 Å². The Hall–Kier alpha value is -3.42. The van der Waals surface area contributed by atoms with Crippen LogP contribution in [-0.4, -0.2) is 39.9 Å². The van der Waals surface area contributed by atoms with E-state index in [1.165, 1.54) is 0 Å². The first kappa shape index (κ1) is 16.4. The molecule has 1 aromatic carbocycles. The number of carbonyl (C=O) groups excluding carboxylic acids is 1. The van der Waals surface area contributed by atoms with Crippen molar-refractivity contribution in [1.29, 1.82) is 0 Å². The molecule has 3 rings (SSSR count). The van der Waals surface area contributed by atoms with Gasteiger partial charge in [0, 0.05) is 18.0 Å². The van der Waals surface area contributed by atoms with Crippen molar-refractivity contribution in [3.8, 4) is 22.9 Å². The number of ether oxygens (including phenoxy) is 2. The van der Waals surface area contributed by atoms with Crippen molar-refractivity contribution in [2.45, 2.75) is 6.42 Å². The van der Waals surface area contributed by atoms with Gasteiger partial charge in [-0.2, -0.15) is 9.67 Å². The summed E-state index contributed by atoms with van der Waals surface area (Å²) in [6.45, 7) is 0. The third kappa shape index (κ3) is 3.42. The zero-order chi connectivity index (χ0) is 17.8. The van der Waals surface area contributed by atoms with Gasteiger partial charge in [-0.05, 0) is 29.8 Å². The monoisotopic (exact) mass is 339 g/mol. The number of methoxy groups -OCH3 is 2. The zero-order valence-corrected chi connectivity index (χ0v) is 13.8. The van der Waals surface area contributed by atoms with Crippen molar-refractivity contribution < 1.29 is 14.3 Å². The molecule has 3 aromatic rings. The highest BCUT2D eigenvalue weighted by atomic mass is 16.5. The molecule has 0 unspecified atom stereocenters. The average Bonchev–Trinajstić information content (AvgIpc) is 3.04. The van der Waals surface area contributed by atoms with Gasteiger partial charge in [-0.15, -0.1) is 5.10 Å². The molecule has 0 spiro atoms. The van der Waals surface area contributed by atoms with Crippen molar-refractivity contribution in [2.75, 3.05) is 20.0 Å². The van der Waals surface area contributed by atoms with Gasteiger partial charge in [0.2, 0.25) is 5.95 Å². The van der Waals surface area contributed by atoms with E-state index in [1.807, 2.05) is 0 Å². The van der Waals surface area contributed by atoms with Crippen LogP contribution in [0.15, 0.2) is 42.7 Å². The Morgan fingerprint density at radius 2 is 2.00 bits per heavy atom. The summed E-state index contributed by atoms with van der Waals surface area (Å²) in [5.41, 5.74) is 7.28. The second-order valence-corrected chi connectivity index (χ2v) is 5.21. The van der Waals surface area contributed by atoms with E-state index in [4.69, 9.17) is 15.2 Å². The molecule has 25 heavy (non-hydrogen) atoms. The Morgan fingerprint density at radius 1 is 1.20 bits per heavy atom. The molecule has 0 radical (unpaired) electrons. The lowest BCUT2D eigenvalue weighted by Gasteiger charge is -2.09. The summed E-state index contributed by atoms with van der Waals surface area (Å²) in [6, 6.07) is 8.83. The van der Waals surface area contributed by atoms with Gasteiger partial charge in [-0.3, -0.25) is 9.78 Å². The number of benzene rings is 1. The molecule has 2 heterocycles. The second-order valence-electron chi connectivity index (χ2n) is 5.21. The number of rotatable bonds is 5. The maximum Gasteiger partial charge on any atom is 0.254 e. The molecule has 2 aromatic heterocycles. The maximum atomic E-state index is 12.5. The largest absolute Gasteiger partial charge is 0.493 e. The van der Waals surface area contributed by atoms with Crippen LogP contribution >= 0.6 is 0 Å². The molecular weight excluding hydrogens is 322 g/mol. The summed E-state index contributed by atoms with van der Waals surface area (Å²) >= 11 is 0. The van der Waals surface area contributed by atoms with Gasteiger partial charge in [0.25, 0.3) is 5.91 Å². The van der Waals surface area contributed by atoms with E-state index in [0.717, 1.165) is 10.2 Å². The normalized spacial score (nSPS) is 10.5. The Labute approximate surface area is 144 Å². The molecule has 0 aliphatic heterocycles. The van der Waals surface area contributed by atoms with Crippen molar-refractivity contribution in [3.63, 3.8) is 0 Å². The van der Waals surface area contributed by atoms with Crippen LogP contribution < -0.4 is 15.2 Å². The predicted molar refractivity (Wildman–Crippen MR) is 91.5 cm³/mol. The first-order chi connectivity index (χ1) is 12.1. The van der Waals surface area contributed by atoms with Gasteiger partial charge < -0.3 is 15.2 Å². The van der Waals surface area contributed by atoms with Crippen molar-refractivity contribution in [3.05, 3.63) is 48.3 Å². The molecule has 2 N–H and O–H groups in total. The molecule has 0 aliphatic rings. The van der Waals surface area contributed by atoms with Crippen LogP contribution in [0.25, 0.3) is 11.4 Å². The Kier molecular flexibility index (Phi) is 4.60. The lowest BCUT2D eigenvalue weighted by molar-refractivity contribution is 0.0901. The average molecular weight is 339 g/mol. The first-order valence-electron chi connectivity index (χ1n) is 7.49. The lowest BCUT2D eigenvalue weighted by atomic mass is 10.1. The minimum absolute atomic E-state index is 0.0318. The van der Waals surface area contributed by atoms with Crippen LogP contribution in [0.5, 0.6) is 11.5 Å². The molecule has 0 bridgehead atoms. The number of carbonyl (C=O) groups is 1. The van der Waals surface area contributed by atoms with E-state index in [0.29, 0.717) is 22.9 Å². The highest BCUT2D eigenvalue weighted by molar-refractivity contribution is 5.83. The van der Waals surface area contributed by atoms with Gasteiger partial charge in [-0.1, -0.05) is 6.07 Å². The quantitative estimate of drug-likeness (QED) is 0.756. The fourth-order valence-electron chi connectivity index (χ4n) is 2.37. The molecule has 8 heteroatoms. The maximum absolute atomic E-state index is 12.5. The number of nitrogens with zero attached hydrogens (tertiary/aromatic N) is 4. The molecular formula is C17H17N5O3. The highest BCUT2D eigenvalue weighted by Crippen LogP contribution is 2.28. The third-order valence-corrected chi connectivity index (χ3v) is 3.59. The smallest absolute Gasteiger partial charge is 0.254 e. The fraction of sp³-hybridized carbons (Fsp3) is 0.176. The van der Waals surface area contributed by atoms with Crippen LogP contribution in [-0.2, 0) is 6.42 Å². The summed E-state index contributed by atoms with van der Waals surface area (Å²) in [5.74, 6) is 1.23. The van der Waals surface area contributed by atoms with Gasteiger partial charge in [0.1, 0.15) is 0 Å².